The van der Waals surface area contributed by atoms with Gasteiger partial charge in [-0.15, -0.1) is 0 Å². The van der Waals surface area contributed by atoms with E-state index in [-0.39, 0.29) is 12.2 Å². The lowest BCUT2D eigenvalue weighted by Gasteiger charge is -2.26. The van der Waals surface area contributed by atoms with E-state index in [0.717, 1.165) is 38.5 Å². The first kappa shape index (κ1) is 19.1. The third-order valence-electron chi connectivity index (χ3n) is 2.98. The van der Waals surface area contributed by atoms with E-state index in [1.54, 1.807) is 6.92 Å². The van der Waals surface area contributed by atoms with E-state index < -0.39 is 7.82 Å². The highest BCUT2D eigenvalue weighted by atomic mass is 31.2. The molecule has 0 saturated heterocycles. The van der Waals surface area contributed by atoms with Crippen LogP contribution in [-0.4, -0.2) is 18.8 Å². The molecule has 0 aliphatic heterocycles. The first-order valence-corrected chi connectivity index (χ1v) is 9.12. The van der Waals surface area contributed by atoms with Crippen molar-refractivity contribution < 1.29 is 18.1 Å². The lowest BCUT2D eigenvalue weighted by Crippen LogP contribution is -2.17. The SMILES string of the molecule is CCCC(CC)OP(=O)(OCC)OC(CC)CCC. The van der Waals surface area contributed by atoms with Crippen LogP contribution in [0, 0.1) is 0 Å². The molecule has 0 aliphatic carbocycles. The third-order valence-corrected chi connectivity index (χ3v) is 4.66. The number of hydrogen-bond donors (Lipinski definition) is 0. The van der Waals surface area contributed by atoms with Crippen LogP contribution >= 0.6 is 7.82 Å². The van der Waals surface area contributed by atoms with E-state index in [1.807, 2.05) is 13.8 Å². The van der Waals surface area contributed by atoms with Crippen molar-refractivity contribution in [1.29, 1.82) is 0 Å². The van der Waals surface area contributed by atoms with Crippen LogP contribution in [0.25, 0.3) is 0 Å². The molecule has 2 unspecified atom stereocenters. The van der Waals surface area contributed by atoms with Crippen molar-refractivity contribution in [3.8, 4) is 0 Å². The maximum Gasteiger partial charge on any atom is 0.475 e. The third kappa shape index (κ3) is 8.09. The van der Waals surface area contributed by atoms with Gasteiger partial charge in [0, 0.05) is 0 Å². The van der Waals surface area contributed by atoms with Crippen LogP contribution in [0.5, 0.6) is 0 Å². The summed E-state index contributed by atoms with van der Waals surface area (Å²) in [6.45, 7) is 10.4. The second-order valence-electron chi connectivity index (χ2n) is 4.71. The van der Waals surface area contributed by atoms with E-state index in [0.29, 0.717) is 6.61 Å². The smallest absolute Gasteiger partial charge is 0.287 e. The van der Waals surface area contributed by atoms with E-state index in [9.17, 15) is 4.57 Å². The topological polar surface area (TPSA) is 44.8 Å². The molecule has 4 nitrogen and oxygen atoms in total. The van der Waals surface area contributed by atoms with Crippen LogP contribution in [0.3, 0.4) is 0 Å². The minimum absolute atomic E-state index is 0.0542. The lowest BCUT2D eigenvalue weighted by atomic mass is 10.2. The zero-order valence-electron chi connectivity index (χ0n) is 13.2. The van der Waals surface area contributed by atoms with Crippen LogP contribution in [-0.2, 0) is 18.1 Å². The molecule has 2 atom stereocenters. The Morgan fingerprint density at radius 1 is 0.842 bits per heavy atom. The van der Waals surface area contributed by atoms with E-state index in [4.69, 9.17) is 13.6 Å². The molecule has 116 valence electrons. The molecule has 0 rings (SSSR count). The summed E-state index contributed by atoms with van der Waals surface area (Å²) in [6, 6.07) is 0. The summed E-state index contributed by atoms with van der Waals surface area (Å²) in [6.07, 6.45) is 5.27. The molecule has 0 aliphatic rings. The molecule has 19 heavy (non-hydrogen) atoms. The number of phosphoric ester groups is 1. The van der Waals surface area contributed by atoms with Crippen molar-refractivity contribution in [1.82, 2.24) is 0 Å². The van der Waals surface area contributed by atoms with Gasteiger partial charge in [0.1, 0.15) is 0 Å². The van der Waals surface area contributed by atoms with E-state index in [1.165, 1.54) is 0 Å². The molecule has 0 aromatic carbocycles. The summed E-state index contributed by atoms with van der Waals surface area (Å²) < 4.78 is 29.2. The zero-order valence-corrected chi connectivity index (χ0v) is 14.1. The highest BCUT2D eigenvalue weighted by Gasteiger charge is 2.32. The van der Waals surface area contributed by atoms with Gasteiger partial charge in [-0.1, -0.05) is 40.5 Å². The number of rotatable bonds is 12. The van der Waals surface area contributed by atoms with E-state index >= 15 is 0 Å². The van der Waals surface area contributed by atoms with Crippen LogP contribution in [0.2, 0.25) is 0 Å². The van der Waals surface area contributed by atoms with Gasteiger partial charge in [0.25, 0.3) is 0 Å². The predicted octanol–water partition coefficient (Wildman–Crippen LogP) is 5.32. The first-order chi connectivity index (χ1) is 9.05. The Morgan fingerprint density at radius 3 is 1.53 bits per heavy atom. The minimum atomic E-state index is -3.42. The fourth-order valence-electron chi connectivity index (χ4n) is 1.92. The molecule has 0 spiro atoms. The number of phosphoric acid groups is 1. The van der Waals surface area contributed by atoms with Gasteiger partial charge < -0.3 is 0 Å². The van der Waals surface area contributed by atoms with Gasteiger partial charge in [-0.25, -0.2) is 4.57 Å². The van der Waals surface area contributed by atoms with Crippen LogP contribution in [0.4, 0.5) is 0 Å². The number of hydrogen-bond acceptors (Lipinski definition) is 4. The first-order valence-electron chi connectivity index (χ1n) is 7.66. The molecule has 5 heteroatoms. The Balaban J connectivity index is 4.66. The Labute approximate surface area is 118 Å². The van der Waals surface area contributed by atoms with Gasteiger partial charge in [0.05, 0.1) is 18.8 Å². The standard InChI is InChI=1S/C14H31O4P/c1-6-11-13(8-3)17-19(15,16-10-5)18-14(9-4)12-7-2/h13-14H,6-12H2,1-5H3. The van der Waals surface area contributed by atoms with Gasteiger partial charge in [-0.2, -0.15) is 0 Å². The fraction of sp³-hybridized carbons (Fsp3) is 1.00. The Hall–Kier alpha value is 0.110. The zero-order chi connectivity index (χ0) is 14.7. The van der Waals surface area contributed by atoms with Crippen molar-refractivity contribution >= 4 is 7.82 Å². The maximum atomic E-state index is 12.6. The molecular weight excluding hydrogens is 263 g/mol. The lowest BCUT2D eigenvalue weighted by molar-refractivity contribution is 0.0462. The summed E-state index contributed by atoms with van der Waals surface area (Å²) in [5, 5.41) is 0. The van der Waals surface area contributed by atoms with Gasteiger partial charge in [0.2, 0.25) is 0 Å². The average molecular weight is 294 g/mol. The van der Waals surface area contributed by atoms with Crippen molar-refractivity contribution in [2.75, 3.05) is 6.61 Å². The van der Waals surface area contributed by atoms with Crippen LogP contribution < -0.4 is 0 Å². The highest BCUT2D eigenvalue weighted by molar-refractivity contribution is 7.48. The van der Waals surface area contributed by atoms with Crippen LogP contribution in [0.15, 0.2) is 0 Å². The molecule has 0 heterocycles. The molecule has 0 aromatic heterocycles. The second-order valence-corrected chi connectivity index (χ2v) is 6.29. The second kappa shape index (κ2) is 10.8. The van der Waals surface area contributed by atoms with Gasteiger partial charge in [-0.3, -0.25) is 13.6 Å². The largest absolute Gasteiger partial charge is 0.475 e. The van der Waals surface area contributed by atoms with Gasteiger partial charge >= 0.3 is 7.82 Å². The fourth-order valence-corrected chi connectivity index (χ4v) is 3.64. The predicted molar refractivity (Wildman–Crippen MR) is 79.4 cm³/mol. The Morgan fingerprint density at radius 2 is 1.26 bits per heavy atom. The average Bonchev–Trinajstić information content (AvgIpc) is 2.38. The van der Waals surface area contributed by atoms with Gasteiger partial charge in [0.15, 0.2) is 0 Å². The molecule has 0 aromatic rings. The van der Waals surface area contributed by atoms with Crippen molar-refractivity contribution in [3.05, 3.63) is 0 Å². The van der Waals surface area contributed by atoms with Crippen LogP contribution in [0.1, 0.15) is 73.1 Å². The molecule has 0 bridgehead atoms. The minimum Gasteiger partial charge on any atom is -0.287 e. The summed E-state index contributed by atoms with van der Waals surface area (Å²) >= 11 is 0. The molecular formula is C14H31O4P. The molecule has 0 saturated carbocycles. The van der Waals surface area contributed by atoms with Gasteiger partial charge in [-0.05, 0) is 32.6 Å². The Bertz CT molecular complexity index is 238. The maximum absolute atomic E-state index is 12.6. The van der Waals surface area contributed by atoms with Crippen molar-refractivity contribution in [2.24, 2.45) is 0 Å². The molecule has 0 N–H and O–H groups in total. The Kier molecular flexibility index (Phi) is 10.9. The molecule has 0 radical (unpaired) electrons. The van der Waals surface area contributed by atoms with Crippen molar-refractivity contribution in [2.45, 2.75) is 85.4 Å². The van der Waals surface area contributed by atoms with E-state index in [2.05, 4.69) is 13.8 Å². The highest BCUT2D eigenvalue weighted by Crippen LogP contribution is 2.53. The molecule has 0 fully saturated rings. The summed E-state index contributed by atoms with van der Waals surface area (Å²) in [4.78, 5) is 0. The quantitative estimate of drug-likeness (QED) is 0.457. The summed E-state index contributed by atoms with van der Waals surface area (Å²) in [5.74, 6) is 0. The normalized spacial score (nSPS) is 17.9. The summed E-state index contributed by atoms with van der Waals surface area (Å²) in [7, 11) is -3.42. The molecule has 0 amide bonds. The summed E-state index contributed by atoms with van der Waals surface area (Å²) in [5.41, 5.74) is 0. The van der Waals surface area contributed by atoms with Crippen molar-refractivity contribution in [3.63, 3.8) is 0 Å². The monoisotopic (exact) mass is 294 g/mol.